The molecule has 156 valence electrons. The van der Waals surface area contributed by atoms with Gasteiger partial charge in [0.1, 0.15) is 6.10 Å². The summed E-state index contributed by atoms with van der Waals surface area (Å²) >= 11 is 0. The predicted molar refractivity (Wildman–Crippen MR) is 104 cm³/mol. The molecule has 1 aliphatic rings. The number of methoxy groups -OCH3 is 4. The SMILES string of the molecule is COc1nccc(OC2CCN(C(=O)c3cc(OC)c(OC)c(OC)c3)CC2)n1. The highest BCUT2D eigenvalue weighted by molar-refractivity contribution is 5.95. The summed E-state index contributed by atoms with van der Waals surface area (Å²) in [7, 11) is 6.08. The first-order valence-corrected chi connectivity index (χ1v) is 9.22. The molecule has 0 atom stereocenters. The van der Waals surface area contributed by atoms with Crippen molar-refractivity contribution in [3.63, 3.8) is 0 Å². The lowest BCUT2D eigenvalue weighted by molar-refractivity contribution is 0.0586. The van der Waals surface area contributed by atoms with Crippen LogP contribution in [0.1, 0.15) is 23.2 Å². The topological polar surface area (TPSA) is 92.2 Å². The molecule has 2 heterocycles. The van der Waals surface area contributed by atoms with Gasteiger partial charge in [0.05, 0.1) is 28.4 Å². The van der Waals surface area contributed by atoms with E-state index in [-0.39, 0.29) is 18.0 Å². The van der Waals surface area contributed by atoms with Crippen molar-refractivity contribution in [3.05, 3.63) is 30.0 Å². The Balaban J connectivity index is 1.65. The lowest BCUT2D eigenvalue weighted by Crippen LogP contribution is -2.41. The van der Waals surface area contributed by atoms with Crippen molar-refractivity contribution in [2.24, 2.45) is 0 Å². The second-order valence-electron chi connectivity index (χ2n) is 6.41. The van der Waals surface area contributed by atoms with Gasteiger partial charge in [0, 0.05) is 43.8 Å². The Morgan fingerprint density at radius 2 is 1.66 bits per heavy atom. The highest BCUT2D eigenvalue weighted by Crippen LogP contribution is 2.38. The molecule has 1 saturated heterocycles. The number of hydrogen-bond donors (Lipinski definition) is 0. The molecule has 1 aliphatic heterocycles. The number of carbonyl (C=O) groups excluding carboxylic acids is 1. The van der Waals surface area contributed by atoms with Crippen LogP contribution in [0.4, 0.5) is 0 Å². The van der Waals surface area contributed by atoms with Crippen molar-refractivity contribution in [2.75, 3.05) is 41.5 Å². The van der Waals surface area contributed by atoms with Crippen molar-refractivity contribution in [2.45, 2.75) is 18.9 Å². The molecule has 3 rings (SSSR count). The quantitative estimate of drug-likeness (QED) is 0.695. The number of hydrogen-bond acceptors (Lipinski definition) is 8. The average Bonchev–Trinajstić information content (AvgIpc) is 2.78. The molecule has 0 unspecified atom stereocenters. The Morgan fingerprint density at radius 3 is 2.21 bits per heavy atom. The maximum absolute atomic E-state index is 13.0. The molecule has 0 saturated carbocycles. The number of likely N-dealkylation sites (tertiary alicyclic amines) is 1. The fourth-order valence-electron chi connectivity index (χ4n) is 3.22. The zero-order chi connectivity index (χ0) is 20.8. The third kappa shape index (κ3) is 4.61. The van der Waals surface area contributed by atoms with E-state index in [4.69, 9.17) is 23.7 Å². The molecular weight excluding hydrogens is 378 g/mol. The van der Waals surface area contributed by atoms with Crippen LogP contribution >= 0.6 is 0 Å². The molecule has 0 N–H and O–H groups in total. The van der Waals surface area contributed by atoms with E-state index < -0.39 is 0 Å². The fourth-order valence-corrected chi connectivity index (χ4v) is 3.22. The number of rotatable bonds is 7. The molecule has 9 heteroatoms. The molecular formula is C20H25N3O6. The van der Waals surface area contributed by atoms with Gasteiger partial charge in [0.15, 0.2) is 11.5 Å². The smallest absolute Gasteiger partial charge is 0.319 e. The first kappa shape index (κ1) is 20.5. The average molecular weight is 403 g/mol. The lowest BCUT2D eigenvalue weighted by atomic mass is 10.1. The van der Waals surface area contributed by atoms with Gasteiger partial charge in [0.25, 0.3) is 5.91 Å². The number of piperidine rings is 1. The molecule has 1 aromatic heterocycles. The van der Waals surface area contributed by atoms with E-state index in [9.17, 15) is 4.79 Å². The molecule has 0 bridgehead atoms. The molecule has 0 aliphatic carbocycles. The summed E-state index contributed by atoms with van der Waals surface area (Å²) in [4.78, 5) is 22.9. The summed E-state index contributed by atoms with van der Waals surface area (Å²) in [5.41, 5.74) is 0.486. The maximum Gasteiger partial charge on any atom is 0.319 e. The van der Waals surface area contributed by atoms with Crippen molar-refractivity contribution >= 4 is 5.91 Å². The van der Waals surface area contributed by atoms with Crippen LogP contribution in [-0.4, -0.2) is 68.4 Å². The standard InChI is InChI=1S/C20H25N3O6/c1-25-15-11-13(12-16(26-2)18(15)27-3)19(24)23-9-6-14(7-10-23)29-17-5-8-21-20(22-17)28-4/h5,8,11-12,14H,6-7,9-10H2,1-4H3. The summed E-state index contributed by atoms with van der Waals surface area (Å²) in [6.07, 6.45) is 2.95. The van der Waals surface area contributed by atoms with Crippen LogP contribution in [0.15, 0.2) is 24.4 Å². The summed E-state index contributed by atoms with van der Waals surface area (Å²) in [5, 5.41) is 0. The molecule has 1 aromatic carbocycles. The summed E-state index contributed by atoms with van der Waals surface area (Å²) in [5.74, 6) is 1.73. The highest BCUT2D eigenvalue weighted by Gasteiger charge is 2.27. The Morgan fingerprint density at radius 1 is 1.00 bits per heavy atom. The Labute approximate surface area is 169 Å². The van der Waals surface area contributed by atoms with Gasteiger partial charge >= 0.3 is 6.01 Å². The Hall–Kier alpha value is -3.23. The highest BCUT2D eigenvalue weighted by atomic mass is 16.5. The minimum Gasteiger partial charge on any atom is -0.493 e. The predicted octanol–water partition coefficient (Wildman–Crippen LogP) is 2.19. The van der Waals surface area contributed by atoms with E-state index in [0.717, 1.165) is 0 Å². The van der Waals surface area contributed by atoms with E-state index in [1.54, 1.807) is 29.3 Å². The Kier molecular flexibility index (Phi) is 6.58. The summed E-state index contributed by atoms with van der Waals surface area (Å²) in [6, 6.07) is 5.28. The van der Waals surface area contributed by atoms with Gasteiger partial charge in [-0.25, -0.2) is 4.98 Å². The van der Waals surface area contributed by atoms with E-state index in [1.807, 2.05) is 0 Å². The first-order valence-electron chi connectivity index (χ1n) is 9.22. The zero-order valence-corrected chi connectivity index (χ0v) is 17.0. The second kappa shape index (κ2) is 9.31. The molecule has 1 fully saturated rings. The third-order valence-corrected chi connectivity index (χ3v) is 4.72. The van der Waals surface area contributed by atoms with Gasteiger partial charge in [-0.2, -0.15) is 4.98 Å². The minimum atomic E-state index is -0.0913. The molecule has 0 spiro atoms. The van der Waals surface area contributed by atoms with Crippen LogP contribution in [0.2, 0.25) is 0 Å². The number of nitrogens with zero attached hydrogens (tertiary/aromatic N) is 3. The van der Waals surface area contributed by atoms with Gasteiger partial charge in [-0.05, 0) is 12.1 Å². The Bertz CT molecular complexity index is 827. The van der Waals surface area contributed by atoms with Crippen LogP contribution in [0.25, 0.3) is 0 Å². The van der Waals surface area contributed by atoms with Crippen LogP contribution in [0.5, 0.6) is 29.1 Å². The number of carbonyl (C=O) groups is 1. The fraction of sp³-hybridized carbons (Fsp3) is 0.450. The van der Waals surface area contributed by atoms with Gasteiger partial charge in [-0.15, -0.1) is 0 Å². The molecule has 9 nitrogen and oxygen atoms in total. The van der Waals surface area contributed by atoms with Crippen LogP contribution in [0, 0.1) is 0 Å². The number of benzene rings is 1. The van der Waals surface area contributed by atoms with Gasteiger partial charge in [-0.1, -0.05) is 0 Å². The zero-order valence-electron chi connectivity index (χ0n) is 17.0. The van der Waals surface area contributed by atoms with Crippen LogP contribution in [-0.2, 0) is 0 Å². The van der Waals surface area contributed by atoms with E-state index >= 15 is 0 Å². The summed E-state index contributed by atoms with van der Waals surface area (Å²) in [6.45, 7) is 1.14. The van der Waals surface area contributed by atoms with E-state index in [1.165, 1.54) is 28.4 Å². The van der Waals surface area contributed by atoms with E-state index in [2.05, 4.69) is 9.97 Å². The maximum atomic E-state index is 13.0. The monoisotopic (exact) mass is 403 g/mol. The number of aromatic nitrogens is 2. The molecule has 29 heavy (non-hydrogen) atoms. The van der Waals surface area contributed by atoms with E-state index in [0.29, 0.717) is 54.6 Å². The lowest BCUT2D eigenvalue weighted by Gasteiger charge is -2.32. The van der Waals surface area contributed by atoms with Crippen molar-refractivity contribution in [1.29, 1.82) is 0 Å². The van der Waals surface area contributed by atoms with Crippen molar-refractivity contribution in [1.82, 2.24) is 14.9 Å². The molecule has 1 amide bonds. The van der Waals surface area contributed by atoms with Crippen LogP contribution < -0.4 is 23.7 Å². The minimum absolute atomic E-state index is 0.0291. The summed E-state index contributed by atoms with van der Waals surface area (Å²) < 4.78 is 26.9. The van der Waals surface area contributed by atoms with Gasteiger partial charge in [-0.3, -0.25) is 4.79 Å². The third-order valence-electron chi connectivity index (χ3n) is 4.72. The van der Waals surface area contributed by atoms with Crippen LogP contribution in [0.3, 0.4) is 0 Å². The number of amides is 1. The number of ether oxygens (including phenoxy) is 5. The van der Waals surface area contributed by atoms with Gasteiger partial charge in [0.2, 0.25) is 11.6 Å². The normalized spacial score (nSPS) is 14.3. The van der Waals surface area contributed by atoms with Gasteiger partial charge < -0.3 is 28.6 Å². The largest absolute Gasteiger partial charge is 0.493 e. The van der Waals surface area contributed by atoms with Crippen molar-refractivity contribution < 1.29 is 28.5 Å². The first-order chi connectivity index (χ1) is 14.1. The van der Waals surface area contributed by atoms with Crippen molar-refractivity contribution in [3.8, 4) is 29.1 Å². The second-order valence-corrected chi connectivity index (χ2v) is 6.41. The molecule has 2 aromatic rings. The molecule has 0 radical (unpaired) electrons.